The van der Waals surface area contributed by atoms with Crippen molar-refractivity contribution in [1.29, 1.82) is 0 Å². The summed E-state index contributed by atoms with van der Waals surface area (Å²) in [7, 11) is 0. The Kier molecular flexibility index (Phi) is 6.48. The van der Waals surface area contributed by atoms with Crippen LogP contribution in [0.2, 0.25) is 0 Å². The van der Waals surface area contributed by atoms with Gasteiger partial charge in [0.05, 0.1) is 11.7 Å². The van der Waals surface area contributed by atoms with Gasteiger partial charge in [-0.3, -0.25) is 9.59 Å². The topological polar surface area (TPSA) is 96.9 Å². The van der Waals surface area contributed by atoms with Gasteiger partial charge in [-0.05, 0) is 39.8 Å². The lowest BCUT2D eigenvalue weighted by Gasteiger charge is -2.30. The first-order valence-corrected chi connectivity index (χ1v) is 6.88. The Morgan fingerprint density at radius 2 is 1.77 bits per heavy atom. The highest BCUT2D eigenvalue weighted by Gasteiger charge is 2.31. The third kappa shape index (κ3) is 5.80. The first-order valence-electron chi connectivity index (χ1n) is 6.88. The fraction of sp³-hybridized carbons (Fsp3) is 0.467. The number of benzene rings is 1. The van der Waals surface area contributed by atoms with Gasteiger partial charge in [-0.1, -0.05) is 18.2 Å². The van der Waals surface area contributed by atoms with Gasteiger partial charge in [0.25, 0.3) is 11.8 Å². The molecule has 0 fully saturated rings. The zero-order valence-electron chi connectivity index (χ0n) is 13.1. The summed E-state index contributed by atoms with van der Waals surface area (Å²) in [4.78, 5) is 27.8. The van der Waals surface area contributed by atoms with Gasteiger partial charge in [0.15, 0.2) is 0 Å². The van der Waals surface area contributed by atoms with Crippen molar-refractivity contribution in [3.63, 3.8) is 0 Å². The van der Waals surface area contributed by atoms with E-state index in [2.05, 4.69) is 10.3 Å². The molecule has 2 atom stereocenters. The van der Waals surface area contributed by atoms with E-state index in [-0.39, 0.29) is 0 Å². The van der Waals surface area contributed by atoms with Crippen LogP contribution in [0.25, 0.3) is 0 Å². The molecule has 1 aromatic rings. The summed E-state index contributed by atoms with van der Waals surface area (Å²) in [5.74, 6) is -1.15. The predicted octanol–water partition coefficient (Wildman–Crippen LogP) is 1.51. The second-order valence-electron chi connectivity index (χ2n) is 5.81. The van der Waals surface area contributed by atoms with Crippen LogP contribution in [0.3, 0.4) is 0 Å². The van der Waals surface area contributed by atoms with Crippen molar-refractivity contribution in [1.82, 2.24) is 10.8 Å². The summed E-state index contributed by atoms with van der Waals surface area (Å²) < 4.78 is 5.69. The van der Waals surface area contributed by atoms with Gasteiger partial charge in [-0.25, -0.2) is 10.7 Å². The Bertz CT molecular complexity index is 498. The Morgan fingerprint density at radius 3 is 2.27 bits per heavy atom. The van der Waals surface area contributed by atoms with Crippen LogP contribution in [-0.4, -0.2) is 34.8 Å². The third-order valence-electron chi connectivity index (χ3n) is 2.76. The van der Waals surface area contributed by atoms with Crippen molar-refractivity contribution in [2.24, 2.45) is 0 Å². The zero-order chi connectivity index (χ0) is 16.8. The van der Waals surface area contributed by atoms with E-state index >= 15 is 0 Å². The molecular weight excluding hydrogens is 288 g/mol. The van der Waals surface area contributed by atoms with Crippen molar-refractivity contribution >= 4 is 11.8 Å². The summed E-state index contributed by atoms with van der Waals surface area (Å²) >= 11 is 0. The van der Waals surface area contributed by atoms with Crippen LogP contribution in [0.5, 0.6) is 0 Å². The van der Waals surface area contributed by atoms with Crippen LogP contribution in [0.15, 0.2) is 30.3 Å². The summed E-state index contributed by atoms with van der Waals surface area (Å²) in [6.07, 6.45) is -0.636. The number of hydrogen-bond donors (Lipinski definition) is 3. The SMILES string of the molecule is CC(OC(C)(C)C)C(NC(=O)c1ccccc1)C(=O)NOO. The summed E-state index contributed by atoms with van der Waals surface area (Å²) in [5, 5.41) is 10.9. The van der Waals surface area contributed by atoms with Gasteiger partial charge in [-0.15, -0.1) is 4.99 Å². The molecule has 7 heteroatoms. The van der Waals surface area contributed by atoms with Crippen LogP contribution in [0.1, 0.15) is 38.1 Å². The molecule has 122 valence electrons. The maximum absolute atomic E-state index is 12.2. The molecular formula is C15H22N2O5. The highest BCUT2D eigenvalue weighted by Crippen LogP contribution is 2.14. The predicted molar refractivity (Wildman–Crippen MR) is 79.9 cm³/mol. The zero-order valence-corrected chi connectivity index (χ0v) is 13.1. The molecule has 0 radical (unpaired) electrons. The van der Waals surface area contributed by atoms with Crippen LogP contribution < -0.4 is 10.8 Å². The molecule has 2 unspecified atom stereocenters. The van der Waals surface area contributed by atoms with Crippen LogP contribution in [-0.2, 0) is 14.5 Å². The number of nitrogens with one attached hydrogen (secondary N) is 2. The number of rotatable bonds is 6. The van der Waals surface area contributed by atoms with Gasteiger partial charge in [0, 0.05) is 5.56 Å². The second-order valence-corrected chi connectivity index (χ2v) is 5.81. The minimum atomic E-state index is -1.03. The van der Waals surface area contributed by atoms with E-state index in [4.69, 9.17) is 9.99 Å². The van der Waals surface area contributed by atoms with Gasteiger partial charge in [-0.2, -0.15) is 0 Å². The molecule has 0 bridgehead atoms. The molecule has 22 heavy (non-hydrogen) atoms. The number of hydroxylamine groups is 1. The number of carbonyl (C=O) groups is 2. The Hall–Kier alpha value is -1.96. The highest BCUT2D eigenvalue weighted by atomic mass is 17.2. The average molecular weight is 310 g/mol. The van der Waals surface area contributed by atoms with E-state index in [1.54, 1.807) is 42.7 Å². The van der Waals surface area contributed by atoms with E-state index in [1.807, 2.05) is 20.8 Å². The quantitative estimate of drug-likeness (QED) is 0.546. The Morgan fingerprint density at radius 1 is 1.18 bits per heavy atom. The summed E-state index contributed by atoms with van der Waals surface area (Å²) in [5.41, 5.74) is 1.70. The molecule has 0 aromatic heterocycles. The number of ether oxygens (including phenoxy) is 1. The maximum Gasteiger partial charge on any atom is 0.271 e. The molecule has 0 aliphatic carbocycles. The average Bonchev–Trinajstić information content (AvgIpc) is 2.43. The fourth-order valence-electron chi connectivity index (χ4n) is 1.94. The van der Waals surface area contributed by atoms with Crippen LogP contribution in [0.4, 0.5) is 0 Å². The third-order valence-corrected chi connectivity index (χ3v) is 2.76. The number of hydrogen-bond acceptors (Lipinski definition) is 5. The minimum absolute atomic E-state index is 0.410. The second kappa shape index (κ2) is 7.88. The summed E-state index contributed by atoms with van der Waals surface area (Å²) in [6.45, 7) is 7.15. The number of amides is 2. The first-order chi connectivity index (χ1) is 10.2. The molecule has 1 aromatic carbocycles. The Labute approximate surface area is 129 Å². The molecule has 0 aliphatic heterocycles. The van der Waals surface area contributed by atoms with Gasteiger partial charge in [0.1, 0.15) is 6.04 Å². The standard InChI is InChI=1S/C15H22N2O5/c1-10(21-15(2,3)4)12(14(19)17-22-20)16-13(18)11-8-6-5-7-9-11/h5-10,12,20H,1-4H3,(H,16,18)(H,17,19). The van der Waals surface area contributed by atoms with E-state index in [0.29, 0.717) is 5.56 Å². The monoisotopic (exact) mass is 310 g/mol. The molecule has 0 aliphatic rings. The van der Waals surface area contributed by atoms with Crippen molar-refractivity contribution < 1.29 is 24.6 Å². The lowest BCUT2D eigenvalue weighted by atomic mass is 10.1. The van der Waals surface area contributed by atoms with Crippen molar-refractivity contribution in [3.05, 3.63) is 35.9 Å². The lowest BCUT2D eigenvalue weighted by Crippen LogP contribution is -2.54. The van der Waals surface area contributed by atoms with Crippen LogP contribution in [0, 0.1) is 0 Å². The minimum Gasteiger partial charge on any atom is -0.370 e. The van der Waals surface area contributed by atoms with E-state index < -0.39 is 29.6 Å². The van der Waals surface area contributed by atoms with Crippen LogP contribution >= 0.6 is 0 Å². The van der Waals surface area contributed by atoms with Crippen molar-refractivity contribution in [2.75, 3.05) is 0 Å². The van der Waals surface area contributed by atoms with Crippen molar-refractivity contribution in [3.8, 4) is 0 Å². The maximum atomic E-state index is 12.2. The lowest BCUT2D eigenvalue weighted by molar-refractivity contribution is -0.285. The summed E-state index contributed by atoms with van der Waals surface area (Å²) in [6, 6.07) is 7.45. The fourth-order valence-corrected chi connectivity index (χ4v) is 1.94. The number of carbonyl (C=O) groups excluding carboxylic acids is 2. The molecule has 7 nitrogen and oxygen atoms in total. The van der Waals surface area contributed by atoms with E-state index in [0.717, 1.165) is 0 Å². The molecule has 3 N–H and O–H groups in total. The molecule has 1 rings (SSSR count). The van der Waals surface area contributed by atoms with E-state index in [1.165, 1.54) is 0 Å². The van der Waals surface area contributed by atoms with E-state index in [9.17, 15) is 9.59 Å². The van der Waals surface area contributed by atoms with Crippen molar-refractivity contribution in [2.45, 2.75) is 45.4 Å². The Balaban J connectivity index is 2.86. The van der Waals surface area contributed by atoms with Gasteiger partial charge >= 0.3 is 0 Å². The molecule has 0 saturated heterocycles. The smallest absolute Gasteiger partial charge is 0.271 e. The molecule has 0 heterocycles. The largest absolute Gasteiger partial charge is 0.370 e. The van der Waals surface area contributed by atoms with Gasteiger partial charge in [0.2, 0.25) is 0 Å². The highest BCUT2D eigenvalue weighted by molar-refractivity contribution is 5.97. The first kappa shape index (κ1) is 18.1. The molecule has 0 saturated carbocycles. The normalized spacial score (nSPS) is 14.0. The molecule has 2 amide bonds. The molecule has 0 spiro atoms. The van der Waals surface area contributed by atoms with Gasteiger partial charge < -0.3 is 10.1 Å².